The highest BCUT2D eigenvalue weighted by Gasteiger charge is 2.65. The summed E-state index contributed by atoms with van der Waals surface area (Å²) in [6.45, 7) is 2.00. The Morgan fingerprint density at radius 1 is 1.67 bits per heavy atom. The van der Waals surface area contributed by atoms with Crippen LogP contribution in [0.3, 0.4) is 0 Å². The van der Waals surface area contributed by atoms with Gasteiger partial charge in [0.25, 0.3) is 0 Å². The monoisotopic (exact) mass is 190 g/mol. The second-order valence-corrected chi connectivity index (χ2v) is 4.44. The Morgan fingerprint density at radius 2 is 2.42 bits per heavy atom. The molecule has 0 aromatic rings. The summed E-state index contributed by atoms with van der Waals surface area (Å²) in [6, 6.07) is 0. The average molecular weight is 191 g/mol. The highest BCUT2D eigenvalue weighted by Crippen LogP contribution is 2.53. The van der Waals surface area contributed by atoms with Gasteiger partial charge in [0.1, 0.15) is 5.60 Å². The molecule has 1 saturated carbocycles. The second kappa shape index (κ2) is 2.86. The minimum absolute atomic E-state index is 0.197. The molecule has 1 heterocycles. The minimum Gasteiger partial charge on any atom is -0.390 e. The van der Waals surface area contributed by atoms with E-state index in [2.05, 4.69) is 0 Å². The molecule has 0 bridgehead atoms. The van der Waals surface area contributed by atoms with Crippen LogP contribution in [0, 0.1) is 5.92 Å². The molecule has 3 heteroatoms. The van der Waals surface area contributed by atoms with Crippen LogP contribution in [0.2, 0.25) is 0 Å². The molecule has 1 aliphatic heterocycles. The first kappa shape index (κ1) is 8.79. The lowest BCUT2D eigenvalue weighted by Gasteiger charge is -2.19. The van der Waals surface area contributed by atoms with Crippen molar-refractivity contribution in [3.63, 3.8) is 0 Å². The van der Waals surface area contributed by atoms with E-state index < -0.39 is 0 Å². The Kier molecular flexibility index (Phi) is 2.10. The van der Waals surface area contributed by atoms with Gasteiger partial charge in [0.15, 0.2) is 0 Å². The molecule has 2 aliphatic rings. The van der Waals surface area contributed by atoms with Gasteiger partial charge in [-0.1, -0.05) is 0 Å². The number of hydrogen-bond donors (Lipinski definition) is 1. The third-order valence-corrected chi connectivity index (χ3v) is 3.50. The van der Waals surface area contributed by atoms with E-state index in [9.17, 15) is 5.11 Å². The largest absolute Gasteiger partial charge is 0.390 e. The van der Waals surface area contributed by atoms with Crippen molar-refractivity contribution in [2.24, 2.45) is 5.92 Å². The van der Waals surface area contributed by atoms with Crippen LogP contribution in [-0.4, -0.2) is 28.8 Å². The number of fused-ring (bicyclic) bond motifs is 1. The van der Waals surface area contributed by atoms with E-state index in [0.717, 1.165) is 19.3 Å². The number of ether oxygens (including phenoxy) is 1. The number of rotatable bonds is 3. The molecule has 1 aliphatic carbocycles. The van der Waals surface area contributed by atoms with Gasteiger partial charge in [-0.25, -0.2) is 0 Å². The number of hydrogen-bond acceptors (Lipinski definition) is 2. The molecule has 0 aromatic heterocycles. The van der Waals surface area contributed by atoms with Crippen molar-refractivity contribution in [1.82, 2.24) is 0 Å². The summed E-state index contributed by atoms with van der Waals surface area (Å²) < 4.78 is 5.38. The predicted octanol–water partition coefficient (Wildman–Crippen LogP) is 1.54. The zero-order chi connectivity index (χ0) is 8.77. The number of halogens is 1. The van der Waals surface area contributed by atoms with Gasteiger partial charge in [0, 0.05) is 5.88 Å². The van der Waals surface area contributed by atoms with Crippen molar-refractivity contribution in [2.75, 3.05) is 5.88 Å². The molecule has 0 spiro atoms. The fourth-order valence-electron chi connectivity index (χ4n) is 2.30. The highest BCUT2D eigenvalue weighted by atomic mass is 35.5. The molecule has 2 rings (SSSR count). The minimum atomic E-state index is -0.259. The normalized spacial score (nSPS) is 50.8. The second-order valence-electron chi connectivity index (χ2n) is 4.06. The van der Waals surface area contributed by atoms with Gasteiger partial charge in [-0.3, -0.25) is 0 Å². The van der Waals surface area contributed by atoms with Crippen LogP contribution in [0.5, 0.6) is 0 Å². The number of aliphatic hydroxyl groups is 1. The highest BCUT2D eigenvalue weighted by molar-refractivity contribution is 6.17. The average Bonchev–Trinajstić information content (AvgIpc) is 2.64. The summed E-state index contributed by atoms with van der Waals surface area (Å²) in [5.41, 5.74) is -0.197. The SMILES string of the molecule is CC12OC1CC(CCCCl)C2O. The summed E-state index contributed by atoms with van der Waals surface area (Å²) in [5.74, 6) is 1.12. The van der Waals surface area contributed by atoms with Crippen LogP contribution in [0.25, 0.3) is 0 Å². The topological polar surface area (TPSA) is 32.8 Å². The van der Waals surface area contributed by atoms with Crippen LogP contribution >= 0.6 is 11.6 Å². The van der Waals surface area contributed by atoms with E-state index in [1.165, 1.54) is 0 Å². The number of epoxide rings is 1. The van der Waals surface area contributed by atoms with Crippen LogP contribution in [0.1, 0.15) is 26.2 Å². The van der Waals surface area contributed by atoms with Crippen molar-refractivity contribution in [1.29, 1.82) is 0 Å². The van der Waals surface area contributed by atoms with E-state index in [1.54, 1.807) is 0 Å². The number of aliphatic hydroxyl groups excluding tert-OH is 1. The lowest BCUT2D eigenvalue weighted by Crippen LogP contribution is -2.29. The standard InChI is InChI=1S/C9H15ClO2/c1-9-7(12-9)5-6(8(9)11)3-2-4-10/h6-8,11H,2-5H2,1H3. The fourth-order valence-corrected chi connectivity index (χ4v) is 2.46. The first-order valence-electron chi connectivity index (χ1n) is 4.60. The Balaban J connectivity index is 1.87. The van der Waals surface area contributed by atoms with Crippen molar-refractivity contribution in [3.8, 4) is 0 Å². The zero-order valence-corrected chi connectivity index (χ0v) is 8.05. The maximum absolute atomic E-state index is 9.82. The van der Waals surface area contributed by atoms with Crippen LogP contribution in [-0.2, 0) is 4.74 Å². The molecule has 2 fully saturated rings. The Hall–Kier alpha value is 0.210. The molecule has 12 heavy (non-hydrogen) atoms. The molecular formula is C9H15ClO2. The smallest absolute Gasteiger partial charge is 0.118 e. The lowest BCUT2D eigenvalue weighted by atomic mass is 9.96. The van der Waals surface area contributed by atoms with Gasteiger partial charge in [-0.05, 0) is 32.1 Å². The quantitative estimate of drug-likeness (QED) is 0.541. The Morgan fingerprint density at radius 3 is 2.92 bits per heavy atom. The lowest BCUT2D eigenvalue weighted by molar-refractivity contribution is 0.0284. The number of alkyl halides is 1. The molecule has 0 radical (unpaired) electrons. The summed E-state index contributed by atoms with van der Waals surface area (Å²) >= 11 is 5.60. The van der Waals surface area contributed by atoms with Crippen molar-refractivity contribution < 1.29 is 9.84 Å². The van der Waals surface area contributed by atoms with Gasteiger partial charge in [0.05, 0.1) is 12.2 Å². The molecule has 1 saturated heterocycles. The van der Waals surface area contributed by atoms with E-state index in [1.807, 2.05) is 6.92 Å². The van der Waals surface area contributed by atoms with Crippen molar-refractivity contribution >= 4 is 11.6 Å². The molecule has 1 N–H and O–H groups in total. The van der Waals surface area contributed by atoms with Crippen molar-refractivity contribution in [2.45, 2.75) is 44.0 Å². The van der Waals surface area contributed by atoms with E-state index in [4.69, 9.17) is 16.3 Å². The zero-order valence-electron chi connectivity index (χ0n) is 7.29. The Bertz CT molecular complexity index is 185. The van der Waals surface area contributed by atoms with Gasteiger partial charge in [-0.2, -0.15) is 0 Å². The summed E-state index contributed by atoms with van der Waals surface area (Å²) in [6.07, 6.45) is 3.14. The summed E-state index contributed by atoms with van der Waals surface area (Å²) in [5, 5.41) is 9.82. The third kappa shape index (κ3) is 1.17. The van der Waals surface area contributed by atoms with E-state index in [-0.39, 0.29) is 11.7 Å². The molecule has 2 nitrogen and oxygen atoms in total. The first-order chi connectivity index (χ1) is 5.68. The van der Waals surface area contributed by atoms with Crippen LogP contribution < -0.4 is 0 Å². The Labute approximate surface area is 77.9 Å². The molecule has 0 amide bonds. The van der Waals surface area contributed by atoms with Crippen LogP contribution in [0.15, 0.2) is 0 Å². The van der Waals surface area contributed by atoms with E-state index >= 15 is 0 Å². The first-order valence-corrected chi connectivity index (χ1v) is 5.14. The van der Waals surface area contributed by atoms with Crippen molar-refractivity contribution in [3.05, 3.63) is 0 Å². The maximum atomic E-state index is 9.82. The van der Waals surface area contributed by atoms with Gasteiger partial charge in [-0.15, -0.1) is 11.6 Å². The molecule has 0 aromatic carbocycles. The summed E-state index contributed by atoms with van der Waals surface area (Å²) in [7, 11) is 0. The molecule has 4 unspecified atom stereocenters. The molecule has 4 atom stereocenters. The van der Waals surface area contributed by atoms with Gasteiger partial charge >= 0.3 is 0 Å². The van der Waals surface area contributed by atoms with Gasteiger partial charge in [0.2, 0.25) is 0 Å². The van der Waals surface area contributed by atoms with Gasteiger partial charge < -0.3 is 9.84 Å². The fraction of sp³-hybridized carbons (Fsp3) is 1.00. The summed E-state index contributed by atoms with van der Waals surface area (Å²) in [4.78, 5) is 0. The van der Waals surface area contributed by atoms with E-state index in [0.29, 0.717) is 17.9 Å². The maximum Gasteiger partial charge on any atom is 0.118 e. The predicted molar refractivity (Wildman–Crippen MR) is 47.3 cm³/mol. The molecule has 70 valence electrons. The van der Waals surface area contributed by atoms with Crippen LogP contribution in [0.4, 0.5) is 0 Å². The third-order valence-electron chi connectivity index (χ3n) is 3.24. The molecular weight excluding hydrogens is 176 g/mol.